The van der Waals surface area contributed by atoms with E-state index in [4.69, 9.17) is 23.2 Å². The summed E-state index contributed by atoms with van der Waals surface area (Å²) in [5.41, 5.74) is 0.446. The zero-order chi connectivity index (χ0) is 17.3. The van der Waals surface area contributed by atoms with Gasteiger partial charge in [-0.15, -0.1) is 0 Å². The number of rotatable bonds is 4. The Bertz CT molecular complexity index is 866. The average molecular weight is 373 g/mol. The van der Waals surface area contributed by atoms with Gasteiger partial charge in [0.15, 0.2) is 0 Å². The molecule has 0 bridgehead atoms. The Morgan fingerprint density at radius 1 is 1.12 bits per heavy atom. The average Bonchev–Trinajstić information content (AvgIpc) is 2.95. The molecule has 0 unspecified atom stereocenters. The molecule has 0 amide bonds. The predicted octanol–water partition coefficient (Wildman–Crippen LogP) is 4.77. The molecule has 9 heteroatoms. The molecule has 0 saturated carbocycles. The van der Waals surface area contributed by atoms with Gasteiger partial charge >= 0.3 is 0 Å². The highest BCUT2D eigenvalue weighted by molar-refractivity contribution is 6.31. The fourth-order valence-electron chi connectivity index (χ4n) is 2.12. The van der Waals surface area contributed by atoms with Crippen LogP contribution in [-0.2, 0) is 6.54 Å². The van der Waals surface area contributed by atoms with E-state index in [0.29, 0.717) is 11.3 Å². The minimum Gasteiger partial charge on any atom is -0.324 e. The Balaban J connectivity index is 2.04. The van der Waals surface area contributed by atoms with Crippen molar-refractivity contribution in [2.45, 2.75) is 13.0 Å². The summed E-state index contributed by atoms with van der Waals surface area (Å²) in [5, 5.41) is 0.372. The fraction of sp³-hybridized carbons (Fsp3) is 0.133. The number of alkyl halides is 2. The topological polar surface area (TPSA) is 43.6 Å². The SMILES string of the molecule is Fc1cnc(Cn2cc(C(F)F)nc2-c2ccc(Cl)nc2)c(Cl)c1. The molecule has 124 valence electrons. The lowest BCUT2D eigenvalue weighted by molar-refractivity contribution is 0.146. The number of aromatic nitrogens is 4. The quantitative estimate of drug-likeness (QED) is 0.619. The third kappa shape index (κ3) is 3.52. The largest absolute Gasteiger partial charge is 0.324 e. The van der Waals surface area contributed by atoms with Gasteiger partial charge in [-0.25, -0.2) is 23.1 Å². The first kappa shape index (κ1) is 16.7. The molecule has 3 rings (SSSR count). The molecule has 0 saturated heterocycles. The lowest BCUT2D eigenvalue weighted by Gasteiger charge is -2.08. The number of imidazole rings is 1. The zero-order valence-electron chi connectivity index (χ0n) is 11.9. The van der Waals surface area contributed by atoms with E-state index in [1.807, 2.05) is 0 Å². The fourth-order valence-corrected chi connectivity index (χ4v) is 2.45. The molecule has 0 N–H and O–H groups in total. The summed E-state index contributed by atoms with van der Waals surface area (Å²) < 4.78 is 40.6. The van der Waals surface area contributed by atoms with Crippen molar-refractivity contribution in [1.29, 1.82) is 0 Å². The molecule has 0 atom stereocenters. The smallest absolute Gasteiger partial charge is 0.281 e. The van der Waals surface area contributed by atoms with Crippen LogP contribution in [0.4, 0.5) is 13.2 Å². The number of halogens is 5. The highest BCUT2D eigenvalue weighted by Gasteiger charge is 2.18. The van der Waals surface area contributed by atoms with Crippen molar-refractivity contribution in [3.8, 4) is 11.4 Å². The van der Waals surface area contributed by atoms with Gasteiger partial charge in [-0.3, -0.25) is 4.98 Å². The van der Waals surface area contributed by atoms with Crippen LogP contribution in [0.3, 0.4) is 0 Å². The molecule has 0 aliphatic rings. The highest BCUT2D eigenvalue weighted by Crippen LogP contribution is 2.26. The van der Waals surface area contributed by atoms with E-state index in [9.17, 15) is 13.2 Å². The molecular formula is C15H9Cl2F3N4. The van der Waals surface area contributed by atoms with Crippen LogP contribution >= 0.6 is 23.2 Å². The van der Waals surface area contributed by atoms with Crippen molar-refractivity contribution >= 4 is 23.2 Å². The maximum Gasteiger partial charge on any atom is 0.281 e. The summed E-state index contributed by atoms with van der Waals surface area (Å²) in [4.78, 5) is 11.8. The summed E-state index contributed by atoms with van der Waals surface area (Å²) in [7, 11) is 0. The maximum atomic E-state index is 13.1. The maximum absolute atomic E-state index is 13.1. The van der Waals surface area contributed by atoms with Gasteiger partial charge in [0.25, 0.3) is 6.43 Å². The number of pyridine rings is 2. The van der Waals surface area contributed by atoms with Gasteiger partial charge < -0.3 is 4.57 Å². The Kier molecular flexibility index (Phi) is 4.73. The molecule has 0 aromatic carbocycles. The number of hydrogen-bond acceptors (Lipinski definition) is 3. The molecule has 0 aliphatic carbocycles. The van der Waals surface area contributed by atoms with E-state index in [2.05, 4.69) is 15.0 Å². The first-order valence-corrected chi connectivity index (χ1v) is 7.46. The van der Waals surface area contributed by atoms with Crippen LogP contribution in [0.5, 0.6) is 0 Å². The normalized spacial score (nSPS) is 11.2. The van der Waals surface area contributed by atoms with Crippen molar-refractivity contribution < 1.29 is 13.2 Å². The Hall–Kier alpha value is -2.12. The molecule has 0 spiro atoms. The van der Waals surface area contributed by atoms with Crippen LogP contribution in [0.2, 0.25) is 10.2 Å². The van der Waals surface area contributed by atoms with Gasteiger partial charge in [0.2, 0.25) is 0 Å². The van der Waals surface area contributed by atoms with Crippen LogP contribution in [0.1, 0.15) is 17.8 Å². The molecule has 3 aromatic heterocycles. The van der Waals surface area contributed by atoms with Crippen LogP contribution < -0.4 is 0 Å². The van der Waals surface area contributed by atoms with Crippen molar-refractivity contribution in [2.24, 2.45) is 0 Å². The van der Waals surface area contributed by atoms with Crippen molar-refractivity contribution in [1.82, 2.24) is 19.5 Å². The minimum atomic E-state index is -2.73. The van der Waals surface area contributed by atoms with Gasteiger partial charge in [-0.1, -0.05) is 23.2 Å². The first-order chi connectivity index (χ1) is 11.4. The summed E-state index contributed by atoms with van der Waals surface area (Å²) in [5.74, 6) is -0.318. The van der Waals surface area contributed by atoms with E-state index >= 15 is 0 Å². The van der Waals surface area contributed by atoms with Gasteiger partial charge in [-0.05, 0) is 18.2 Å². The predicted molar refractivity (Wildman–Crippen MR) is 83.7 cm³/mol. The van der Waals surface area contributed by atoms with Gasteiger partial charge in [0, 0.05) is 18.0 Å². The molecule has 3 aromatic rings. The van der Waals surface area contributed by atoms with E-state index < -0.39 is 17.9 Å². The molecule has 24 heavy (non-hydrogen) atoms. The third-order valence-electron chi connectivity index (χ3n) is 3.21. The lowest BCUT2D eigenvalue weighted by Crippen LogP contribution is -2.04. The van der Waals surface area contributed by atoms with E-state index in [1.165, 1.54) is 23.0 Å². The Morgan fingerprint density at radius 3 is 2.54 bits per heavy atom. The van der Waals surface area contributed by atoms with Crippen molar-refractivity contribution in [2.75, 3.05) is 0 Å². The summed E-state index contributed by atoms with van der Waals surface area (Å²) in [6.45, 7) is 0.0524. The summed E-state index contributed by atoms with van der Waals surface area (Å²) in [6.07, 6.45) is 0.906. The molecule has 3 heterocycles. The van der Waals surface area contributed by atoms with E-state index in [0.717, 1.165) is 12.3 Å². The van der Waals surface area contributed by atoms with E-state index in [-0.39, 0.29) is 22.5 Å². The van der Waals surface area contributed by atoms with Crippen molar-refractivity contribution in [3.63, 3.8) is 0 Å². The Labute approximate surface area is 144 Å². The third-order valence-corrected chi connectivity index (χ3v) is 3.76. The number of nitrogens with zero attached hydrogens (tertiary/aromatic N) is 4. The number of hydrogen-bond donors (Lipinski definition) is 0. The van der Waals surface area contributed by atoms with Crippen LogP contribution in [0.25, 0.3) is 11.4 Å². The van der Waals surface area contributed by atoms with E-state index in [1.54, 1.807) is 6.07 Å². The van der Waals surface area contributed by atoms with Gasteiger partial charge in [0.1, 0.15) is 22.5 Å². The molecule has 0 aliphatic heterocycles. The highest BCUT2D eigenvalue weighted by atomic mass is 35.5. The molecule has 0 fully saturated rings. The van der Waals surface area contributed by atoms with Crippen molar-refractivity contribution in [3.05, 3.63) is 64.2 Å². The first-order valence-electron chi connectivity index (χ1n) is 6.71. The zero-order valence-corrected chi connectivity index (χ0v) is 13.4. The monoisotopic (exact) mass is 372 g/mol. The second-order valence-corrected chi connectivity index (χ2v) is 5.66. The molecule has 0 radical (unpaired) electrons. The minimum absolute atomic E-state index is 0.0524. The summed E-state index contributed by atoms with van der Waals surface area (Å²) >= 11 is 11.7. The molecular weight excluding hydrogens is 364 g/mol. The Morgan fingerprint density at radius 2 is 1.92 bits per heavy atom. The van der Waals surface area contributed by atoms with Gasteiger partial charge in [-0.2, -0.15) is 0 Å². The van der Waals surface area contributed by atoms with Gasteiger partial charge in [0.05, 0.1) is 23.5 Å². The van der Waals surface area contributed by atoms with Crippen LogP contribution in [0.15, 0.2) is 36.8 Å². The molecule has 4 nitrogen and oxygen atoms in total. The van der Waals surface area contributed by atoms with Crippen LogP contribution in [0, 0.1) is 5.82 Å². The standard InChI is InChI=1S/C15H9Cl2F3N4/c16-10-3-9(18)5-21-11(10)6-24-7-12(14(19)20)23-15(24)8-1-2-13(17)22-4-8/h1-5,7,14H,6H2. The lowest BCUT2D eigenvalue weighted by atomic mass is 10.2. The van der Waals surface area contributed by atoms with Crippen LogP contribution in [-0.4, -0.2) is 19.5 Å². The second-order valence-electron chi connectivity index (χ2n) is 4.87. The second kappa shape index (κ2) is 6.78. The summed E-state index contributed by atoms with van der Waals surface area (Å²) in [6, 6.07) is 4.25.